The van der Waals surface area contributed by atoms with Gasteiger partial charge in [-0.15, -0.1) is 0 Å². The van der Waals surface area contributed by atoms with E-state index in [1.165, 1.54) is 0 Å². The van der Waals surface area contributed by atoms with E-state index in [4.69, 9.17) is 9.47 Å². The van der Waals surface area contributed by atoms with Crippen LogP contribution < -0.4 is 10.1 Å². The molecule has 0 unspecified atom stereocenters. The summed E-state index contributed by atoms with van der Waals surface area (Å²) < 4.78 is 10.1. The molecule has 0 atom stereocenters. The first-order chi connectivity index (χ1) is 15.8. The summed E-state index contributed by atoms with van der Waals surface area (Å²) in [7, 11) is 0. The minimum atomic E-state index is -0.525. The van der Waals surface area contributed by atoms with Gasteiger partial charge in [-0.05, 0) is 79.6 Å². The maximum Gasteiger partial charge on any atom is 0.344 e. The average molecular weight is 469 g/mol. The van der Waals surface area contributed by atoms with Gasteiger partial charge in [0.25, 0.3) is 11.1 Å². The molecule has 1 aliphatic rings. The second kappa shape index (κ2) is 10.8. The van der Waals surface area contributed by atoms with E-state index >= 15 is 0 Å². The summed E-state index contributed by atoms with van der Waals surface area (Å²) >= 11 is 0.779. The number of ether oxygens (including phenoxy) is 2. The Kier molecular flexibility index (Phi) is 7.89. The van der Waals surface area contributed by atoms with E-state index < -0.39 is 23.0 Å². The van der Waals surface area contributed by atoms with E-state index in [9.17, 15) is 19.2 Å². The number of benzene rings is 2. The van der Waals surface area contributed by atoms with Crippen molar-refractivity contribution in [3.05, 3.63) is 64.1 Å². The van der Waals surface area contributed by atoms with Gasteiger partial charge in [-0.2, -0.15) is 0 Å². The predicted molar refractivity (Wildman–Crippen MR) is 126 cm³/mol. The van der Waals surface area contributed by atoms with Crippen LogP contribution in [0.4, 0.5) is 10.5 Å². The molecule has 0 aliphatic carbocycles. The lowest BCUT2D eigenvalue weighted by atomic mass is 10.1. The second-order valence-corrected chi connectivity index (χ2v) is 8.27. The smallest absolute Gasteiger partial charge is 0.344 e. The fourth-order valence-corrected chi connectivity index (χ4v) is 3.79. The lowest BCUT2D eigenvalue weighted by Gasteiger charge is -2.13. The van der Waals surface area contributed by atoms with Crippen molar-refractivity contribution < 1.29 is 28.7 Å². The van der Waals surface area contributed by atoms with Crippen molar-refractivity contribution in [3.63, 3.8) is 0 Å². The third-order valence-electron chi connectivity index (χ3n) is 4.81. The minimum Gasteiger partial charge on any atom is -0.482 e. The molecule has 2 aromatic carbocycles. The normalized spacial score (nSPS) is 14.5. The Morgan fingerprint density at radius 1 is 1.06 bits per heavy atom. The Morgan fingerprint density at radius 3 is 2.45 bits per heavy atom. The number of imide groups is 1. The highest BCUT2D eigenvalue weighted by molar-refractivity contribution is 8.18. The number of nitrogens with one attached hydrogen (secondary N) is 1. The van der Waals surface area contributed by atoms with Gasteiger partial charge >= 0.3 is 5.97 Å². The second-order valence-electron chi connectivity index (χ2n) is 7.28. The van der Waals surface area contributed by atoms with Crippen molar-refractivity contribution in [1.82, 2.24) is 4.90 Å². The van der Waals surface area contributed by atoms with E-state index in [0.717, 1.165) is 27.8 Å². The van der Waals surface area contributed by atoms with Gasteiger partial charge in [0, 0.05) is 5.69 Å². The number of anilines is 1. The number of carbonyl (C=O) groups excluding carboxylic acids is 4. The van der Waals surface area contributed by atoms with Gasteiger partial charge in [0.15, 0.2) is 6.61 Å². The van der Waals surface area contributed by atoms with Crippen LogP contribution in [0.15, 0.2) is 47.4 Å². The van der Waals surface area contributed by atoms with Crippen molar-refractivity contribution in [1.29, 1.82) is 0 Å². The highest BCUT2D eigenvalue weighted by Gasteiger charge is 2.36. The molecule has 1 N–H and O–H groups in total. The summed E-state index contributed by atoms with van der Waals surface area (Å²) in [5.74, 6) is -0.971. The van der Waals surface area contributed by atoms with Gasteiger partial charge in [0.2, 0.25) is 5.91 Å². The van der Waals surface area contributed by atoms with Crippen LogP contribution in [0.25, 0.3) is 6.08 Å². The molecule has 2 aromatic rings. The summed E-state index contributed by atoms with van der Waals surface area (Å²) in [5.41, 5.74) is 3.40. The van der Waals surface area contributed by atoms with Crippen LogP contribution in [0, 0.1) is 13.8 Å². The Balaban J connectivity index is 1.60. The topological polar surface area (TPSA) is 102 Å². The average Bonchev–Trinajstić information content (AvgIpc) is 3.03. The van der Waals surface area contributed by atoms with Crippen molar-refractivity contribution in [3.8, 4) is 5.75 Å². The lowest BCUT2D eigenvalue weighted by Crippen LogP contribution is -2.36. The highest BCUT2D eigenvalue weighted by atomic mass is 32.2. The first-order valence-corrected chi connectivity index (χ1v) is 11.1. The molecule has 0 aromatic heterocycles. The van der Waals surface area contributed by atoms with Gasteiger partial charge in [-0.25, -0.2) is 4.79 Å². The molecule has 9 heteroatoms. The minimum absolute atomic E-state index is 0.198. The van der Waals surface area contributed by atoms with Gasteiger partial charge < -0.3 is 14.8 Å². The Bertz CT molecular complexity index is 1110. The molecule has 1 heterocycles. The summed E-state index contributed by atoms with van der Waals surface area (Å²) in [4.78, 5) is 49.9. The molecule has 0 bridgehead atoms. The van der Waals surface area contributed by atoms with Crippen molar-refractivity contribution in [2.24, 2.45) is 0 Å². The molecule has 3 rings (SSSR count). The molecular formula is C24H24N2O6S. The fraction of sp³-hybridized carbons (Fsp3) is 0.250. The van der Waals surface area contributed by atoms with E-state index in [-0.39, 0.29) is 24.7 Å². The number of carbonyl (C=O) groups is 4. The third kappa shape index (κ3) is 6.45. The maximum absolute atomic E-state index is 12.7. The number of rotatable bonds is 8. The van der Waals surface area contributed by atoms with E-state index in [1.54, 1.807) is 43.3 Å². The van der Waals surface area contributed by atoms with E-state index in [1.807, 2.05) is 26.0 Å². The van der Waals surface area contributed by atoms with Crippen LogP contribution >= 0.6 is 11.8 Å². The van der Waals surface area contributed by atoms with E-state index in [0.29, 0.717) is 17.0 Å². The third-order valence-corrected chi connectivity index (χ3v) is 5.71. The zero-order chi connectivity index (χ0) is 24.0. The number of hydrogen-bond donors (Lipinski definition) is 1. The molecule has 0 saturated carbocycles. The SMILES string of the molecule is CCOC(=O)COc1ccc(/C=C2\SC(=O)N(CC(=O)Nc3ccc(C)c(C)c3)C2=O)cc1. The number of hydrogen-bond acceptors (Lipinski definition) is 7. The molecular weight excluding hydrogens is 444 g/mol. The van der Waals surface area contributed by atoms with Crippen LogP contribution in [0.3, 0.4) is 0 Å². The van der Waals surface area contributed by atoms with Crippen LogP contribution in [-0.4, -0.2) is 47.7 Å². The molecule has 33 heavy (non-hydrogen) atoms. The Hall–Kier alpha value is -3.59. The van der Waals surface area contributed by atoms with E-state index in [2.05, 4.69) is 5.32 Å². The first kappa shape index (κ1) is 24.1. The highest BCUT2D eigenvalue weighted by Crippen LogP contribution is 2.32. The van der Waals surface area contributed by atoms with Crippen molar-refractivity contribution in [2.45, 2.75) is 20.8 Å². The van der Waals surface area contributed by atoms with Gasteiger partial charge in [0.05, 0.1) is 11.5 Å². The number of aryl methyl sites for hydroxylation is 2. The standard InChI is InChI=1S/C24H24N2O6S/c1-4-31-22(28)14-32-19-9-6-17(7-10-19)12-20-23(29)26(24(30)33-20)13-21(27)25-18-8-5-15(2)16(3)11-18/h5-12H,4,13-14H2,1-3H3,(H,25,27)/b20-12-. The largest absolute Gasteiger partial charge is 0.482 e. The monoisotopic (exact) mass is 468 g/mol. The molecule has 0 radical (unpaired) electrons. The fourth-order valence-electron chi connectivity index (χ4n) is 2.96. The molecule has 3 amide bonds. The summed E-state index contributed by atoms with van der Waals surface area (Å²) in [6, 6.07) is 12.2. The zero-order valence-electron chi connectivity index (χ0n) is 18.5. The van der Waals surface area contributed by atoms with Crippen LogP contribution in [0.1, 0.15) is 23.6 Å². The molecule has 1 aliphatic heterocycles. The number of nitrogens with zero attached hydrogens (tertiary/aromatic N) is 1. The van der Waals surface area contributed by atoms with Gasteiger partial charge in [0.1, 0.15) is 12.3 Å². The van der Waals surface area contributed by atoms with Crippen LogP contribution in [0.2, 0.25) is 0 Å². The maximum atomic E-state index is 12.7. The quantitative estimate of drug-likeness (QED) is 0.463. The first-order valence-electron chi connectivity index (χ1n) is 10.3. The van der Waals surface area contributed by atoms with Crippen LogP contribution in [-0.2, 0) is 19.1 Å². The summed E-state index contributed by atoms with van der Waals surface area (Å²) in [6.45, 7) is 5.34. The molecule has 1 fully saturated rings. The Labute approximate surface area is 195 Å². The number of thioether (sulfide) groups is 1. The zero-order valence-corrected chi connectivity index (χ0v) is 19.4. The van der Waals surface area contributed by atoms with Gasteiger partial charge in [-0.3, -0.25) is 19.3 Å². The molecule has 172 valence electrons. The molecule has 0 spiro atoms. The molecule has 1 saturated heterocycles. The van der Waals surface area contributed by atoms with Crippen molar-refractivity contribution in [2.75, 3.05) is 25.1 Å². The lowest BCUT2D eigenvalue weighted by molar-refractivity contribution is -0.145. The number of amides is 3. The Morgan fingerprint density at radius 2 is 1.79 bits per heavy atom. The van der Waals surface area contributed by atoms with Crippen molar-refractivity contribution >= 4 is 46.5 Å². The van der Waals surface area contributed by atoms with Crippen LogP contribution in [0.5, 0.6) is 5.75 Å². The molecule has 8 nitrogen and oxygen atoms in total. The number of esters is 1. The predicted octanol–water partition coefficient (Wildman–Crippen LogP) is 3.92. The summed E-state index contributed by atoms with van der Waals surface area (Å²) in [5, 5.41) is 2.21. The summed E-state index contributed by atoms with van der Waals surface area (Å²) in [6.07, 6.45) is 1.57. The van der Waals surface area contributed by atoms with Gasteiger partial charge in [-0.1, -0.05) is 18.2 Å².